The van der Waals surface area contributed by atoms with Crippen molar-refractivity contribution >= 4 is 47.4 Å². The molecule has 0 N–H and O–H groups in total. The lowest BCUT2D eigenvalue weighted by molar-refractivity contribution is -0.387. The van der Waals surface area contributed by atoms with Crippen molar-refractivity contribution in [2.24, 2.45) is 0 Å². The summed E-state index contributed by atoms with van der Waals surface area (Å²) in [6.45, 7) is 8.20. The van der Waals surface area contributed by atoms with Crippen LogP contribution in [0.25, 0.3) is 0 Å². The van der Waals surface area contributed by atoms with Gasteiger partial charge in [-0.15, -0.1) is 12.6 Å². The lowest BCUT2D eigenvalue weighted by Gasteiger charge is -2.06. The van der Waals surface area contributed by atoms with E-state index in [1.807, 2.05) is 38.1 Å². The van der Waals surface area contributed by atoms with E-state index in [4.69, 9.17) is 11.6 Å². The van der Waals surface area contributed by atoms with Gasteiger partial charge in [-0.05, 0) is 63.1 Å². The average molecular weight is 555 g/mol. The number of nitro groups is 2. The highest BCUT2D eigenvalue weighted by molar-refractivity contribution is 7.99. The van der Waals surface area contributed by atoms with Crippen molar-refractivity contribution in [3.05, 3.63) is 132 Å². The molecule has 0 aliphatic carbocycles. The van der Waals surface area contributed by atoms with Crippen molar-refractivity contribution in [3.8, 4) is 0 Å². The number of para-hydroxylation sites is 2. The van der Waals surface area contributed by atoms with Gasteiger partial charge in [-0.2, -0.15) is 0 Å². The second-order valence-corrected chi connectivity index (χ2v) is 10.1. The minimum Gasteiger partial charge on any atom is -0.258 e. The molecule has 0 amide bonds. The number of nitro benzene ring substituents is 2. The lowest BCUT2D eigenvalue weighted by atomic mass is 10.2. The molecule has 6 nitrogen and oxygen atoms in total. The number of thiol groups is 1. The predicted octanol–water partition coefficient (Wildman–Crippen LogP) is 9.20. The van der Waals surface area contributed by atoms with Gasteiger partial charge in [0, 0.05) is 21.9 Å². The van der Waals surface area contributed by atoms with Gasteiger partial charge in [0.1, 0.15) is 5.02 Å². The van der Waals surface area contributed by atoms with Crippen LogP contribution in [0.1, 0.15) is 22.3 Å². The lowest BCUT2D eigenvalue weighted by Crippen LogP contribution is -1.90. The van der Waals surface area contributed by atoms with Crippen molar-refractivity contribution in [3.63, 3.8) is 0 Å². The van der Waals surface area contributed by atoms with E-state index in [0.717, 1.165) is 15.4 Å². The fourth-order valence-electron chi connectivity index (χ4n) is 3.13. The number of hydrogen-bond acceptors (Lipinski definition) is 6. The molecule has 0 aliphatic heterocycles. The molecular weight excluding hydrogens is 528 g/mol. The van der Waals surface area contributed by atoms with Gasteiger partial charge in [-0.1, -0.05) is 83.0 Å². The minimum absolute atomic E-state index is 0.0517. The van der Waals surface area contributed by atoms with Crippen LogP contribution in [-0.2, 0) is 0 Å². The highest BCUT2D eigenvalue weighted by Crippen LogP contribution is 2.36. The monoisotopic (exact) mass is 554 g/mol. The maximum atomic E-state index is 10.9. The third-order valence-corrected chi connectivity index (χ3v) is 7.08. The Bertz CT molecular complexity index is 1400. The molecule has 0 saturated heterocycles. The van der Waals surface area contributed by atoms with Gasteiger partial charge in [-0.25, -0.2) is 0 Å². The van der Waals surface area contributed by atoms with Gasteiger partial charge in [0.15, 0.2) is 0 Å². The summed E-state index contributed by atoms with van der Waals surface area (Å²) < 4.78 is 0. The van der Waals surface area contributed by atoms with E-state index < -0.39 is 4.92 Å². The number of halogens is 1. The molecular formula is C28H27ClN2O4S2. The molecule has 0 bridgehead atoms. The normalized spacial score (nSPS) is 9.89. The Labute approximate surface area is 231 Å². The second-order valence-electron chi connectivity index (χ2n) is 8.09. The SMILES string of the molecule is Cc1ccc(S)c(C)c1.Cc1ccc(Sc2ccccc2[N+](=O)[O-])c(C)c1.O=[N+]([O-])c1ccccc1Cl. The van der Waals surface area contributed by atoms with Gasteiger partial charge in [0.2, 0.25) is 0 Å². The summed E-state index contributed by atoms with van der Waals surface area (Å²) in [5.41, 5.74) is 4.98. The first-order valence-corrected chi connectivity index (χ1v) is 12.8. The highest BCUT2D eigenvalue weighted by atomic mass is 35.5. The number of aryl methyl sites for hydroxylation is 4. The Morgan fingerprint density at radius 3 is 1.68 bits per heavy atom. The number of rotatable bonds is 4. The largest absolute Gasteiger partial charge is 0.287 e. The Morgan fingerprint density at radius 1 is 0.676 bits per heavy atom. The van der Waals surface area contributed by atoms with Crippen LogP contribution in [0, 0.1) is 47.9 Å². The summed E-state index contributed by atoms with van der Waals surface area (Å²) in [7, 11) is 0. The van der Waals surface area contributed by atoms with Crippen molar-refractivity contribution in [2.75, 3.05) is 0 Å². The summed E-state index contributed by atoms with van der Waals surface area (Å²) in [6, 6.07) is 25.2. The maximum absolute atomic E-state index is 10.9. The fourth-order valence-corrected chi connectivity index (χ4v) is 4.46. The highest BCUT2D eigenvalue weighted by Gasteiger charge is 2.14. The van der Waals surface area contributed by atoms with Crippen LogP contribution in [0.4, 0.5) is 11.4 Å². The summed E-state index contributed by atoms with van der Waals surface area (Å²) in [5, 5.41) is 21.3. The molecule has 0 heterocycles. The van der Waals surface area contributed by atoms with Crippen LogP contribution < -0.4 is 0 Å². The zero-order valence-electron chi connectivity index (χ0n) is 20.8. The van der Waals surface area contributed by atoms with Crippen LogP contribution in [0.3, 0.4) is 0 Å². The molecule has 0 saturated carbocycles. The molecule has 4 rings (SSSR count). The van der Waals surface area contributed by atoms with Crippen LogP contribution in [0.5, 0.6) is 0 Å². The third-order valence-electron chi connectivity index (χ3n) is 5.01. The molecule has 0 atom stereocenters. The third kappa shape index (κ3) is 9.57. The summed E-state index contributed by atoms with van der Waals surface area (Å²) in [5.74, 6) is 0. The van der Waals surface area contributed by atoms with Gasteiger partial charge in [-0.3, -0.25) is 20.2 Å². The van der Waals surface area contributed by atoms with Crippen LogP contribution in [-0.4, -0.2) is 9.85 Å². The molecule has 0 aliphatic rings. The van der Waals surface area contributed by atoms with Crippen molar-refractivity contribution in [1.82, 2.24) is 0 Å². The number of hydrogen-bond donors (Lipinski definition) is 1. The van der Waals surface area contributed by atoms with E-state index in [1.165, 1.54) is 46.7 Å². The number of nitrogens with zero attached hydrogens (tertiary/aromatic N) is 2. The maximum Gasteiger partial charge on any atom is 0.287 e. The van der Waals surface area contributed by atoms with Gasteiger partial charge >= 0.3 is 0 Å². The second kappa shape index (κ2) is 14.4. The Hall–Kier alpha value is -3.33. The van der Waals surface area contributed by atoms with E-state index in [-0.39, 0.29) is 21.3 Å². The van der Waals surface area contributed by atoms with Crippen molar-refractivity contribution < 1.29 is 9.85 Å². The van der Waals surface area contributed by atoms with Gasteiger partial charge in [0.25, 0.3) is 11.4 Å². The molecule has 9 heteroatoms. The fraction of sp³-hybridized carbons (Fsp3) is 0.143. The smallest absolute Gasteiger partial charge is 0.258 e. The molecule has 37 heavy (non-hydrogen) atoms. The summed E-state index contributed by atoms with van der Waals surface area (Å²) in [6.07, 6.45) is 0. The molecule has 0 unspecified atom stereocenters. The molecule has 4 aromatic carbocycles. The molecule has 0 spiro atoms. The van der Waals surface area contributed by atoms with E-state index in [1.54, 1.807) is 24.3 Å². The first kappa shape index (κ1) is 29.9. The van der Waals surface area contributed by atoms with E-state index in [2.05, 4.69) is 44.7 Å². The first-order valence-electron chi connectivity index (χ1n) is 11.1. The zero-order valence-corrected chi connectivity index (χ0v) is 23.3. The molecule has 0 fully saturated rings. The quantitative estimate of drug-likeness (QED) is 0.154. The molecule has 192 valence electrons. The van der Waals surface area contributed by atoms with Crippen molar-refractivity contribution in [2.45, 2.75) is 42.4 Å². The van der Waals surface area contributed by atoms with Crippen LogP contribution in [0.15, 0.2) is 99.6 Å². The van der Waals surface area contributed by atoms with Gasteiger partial charge < -0.3 is 0 Å². The molecule has 0 radical (unpaired) electrons. The average Bonchev–Trinajstić information content (AvgIpc) is 2.84. The van der Waals surface area contributed by atoms with E-state index in [0.29, 0.717) is 4.90 Å². The summed E-state index contributed by atoms with van der Waals surface area (Å²) in [4.78, 5) is 23.0. The minimum atomic E-state index is -0.512. The molecule has 0 aromatic heterocycles. The van der Waals surface area contributed by atoms with E-state index in [9.17, 15) is 20.2 Å². The predicted molar refractivity (Wildman–Crippen MR) is 154 cm³/mol. The Kier molecular flexibility index (Phi) is 11.7. The van der Waals surface area contributed by atoms with Crippen LogP contribution >= 0.6 is 36.0 Å². The zero-order chi connectivity index (χ0) is 27.5. The van der Waals surface area contributed by atoms with E-state index >= 15 is 0 Å². The Morgan fingerprint density at radius 2 is 1.19 bits per heavy atom. The first-order chi connectivity index (χ1) is 17.5. The standard InChI is InChI=1S/C14H13NO2S.C8H10S.C6H4ClNO2/c1-10-7-8-13(11(2)9-10)18-14-6-4-3-5-12(14)15(16)17;1-6-3-4-8(9)7(2)5-6;7-5-3-1-2-4-6(5)8(9)10/h3-9H,1-2H3;3-5,9H,1-2H3;1-4H. The Balaban J connectivity index is 0.000000214. The summed E-state index contributed by atoms with van der Waals surface area (Å²) >= 11 is 11.2. The topological polar surface area (TPSA) is 86.3 Å². The van der Waals surface area contributed by atoms with Gasteiger partial charge in [0.05, 0.1) is 14.7 Å². The van der Waals surface area contributed by atoms with Crippen LogP contribution in [0.2, 0.25) is 5.02 Å². The number of benzene rings is 4. The molecule has 4 aromatic rings. The van der Waals surface area contributed by atoms with Crippen molar-refractivity contribution in [1.29, 1.82) is 0 Å².